The number of amides is 1. The van der Waals surface area contributed by atoms with Crippen molar-refractivity contribution in [3.8, 4) is 0 Å². The molecule has 1 amide bonds. The van der Waals surface area contributed by atoms with Crippen LogP contribution >= 0.6 is 0 Å². The Morgan fingerprint density at radius 1 is 1.22 bits per heavy atom. The van der Waals surface area contributed by atoms with Crippen molar-refractivity contribution in [3.63, 3.8) is 0 Å². The van der Waals surface area contributed by atoms with Gasteiger partial charge in [0, 0.05) is 18.5 Å². The van der Waals surface area contributed by atoms with Crippen LogP contribution in [0.4, 0.5) is 0 Å². The van der Waals surface area contributed by atoms with E-state index in [9.17, 15) is 9.59 Å². The number of rotatable bonds is 7. The van der Waals surface area contributed by atoms with E-state index in [-0.39, 0.29) is 12.3 Å². The van der Waals surface area contributed by atoms with Crippen LogP contribution in [0.15, 0.2) is 24.3 Å². The molecule has 1 aromatic rings. The zero-order chi connectivity index (χ0) is 13.4. The van der Waals surface area contributed by atoms with Crippen LogP contribution < -0.4 is 5.32 Å². The second-order valence-electron chi connectivity index (χ2n) is 4.33. The van der Waals surface area contributed by atoms with Gasteiger partial charge in [-0.1, -0.05) is 24.1 Å². The van der Waals surface area contributed by atoms with E-state index in [0.717, 1.165) is 18.4 Å². The summed E-state index contributed by atoms with van der Waals surface area (Å²) in [5, 5.41) is 11.3. The summed E-state index contributed by atoms with van der Waals surface area (Å²) in [6.45, 7) is 2.54. The first-order valence-electron chi connectivity index (χ1n) is 6.16. The lowest BCUT2D eigenvalue weighted by Gasteiger charge is -2.05. The topological polar surface area (TPSA) is 66.4 Å². The first-order valence-corrected chi connectivity index (χ1v) is 6.16. The van der Waals surface area contributed by atoms with Crippen LogP contribution in [-0.4, -0.2) is 23.5 Å². The van der Waals surface area contributed by atoms with Crippen molar-refractivity contribution in [1.82, 2.24) is 5.32 Å². The van der Waals surface area contributed by atoms with E-state index in [4.69, 9.17) is 5.11 Å². The van der Waals surface area contributed by atoms with Gasteiger partial charge in [-0.05, 0) is 31.9 Å². The second-order valence-corrected chi connectivity index (χ2v) is 4.33. The summed E-state index contributed by atoms with van der Waals surface area (Å²) in [4.78, 5) is 22.0. The summed E-state index contributed by atoms with van der Waals surface area (Å²) in [6, 6.07) is 7.44. The van der Waals surface area contributed by atoms with Gasteiger partial charge in [0.05, 0.1) is 0 Å². The molecule has 0 aromatic heterocycles. The molecule has 98 valence electrons. The molecular formula is C14H19NO3. The van der Waals surface area contributed by atoms with E-state index < -0.39 is 5.97 Å². The van der Waals surface area contributed by atoms with Crippen molar-refractivity contribution in [2.75, 3.05) is 6.54 Å². The number of aryl methyl sites for hydroxylation is 1. The fourth-order valence-corrected chi connectivity index (χ4v) is 1.67. The molecule has 1 aromatic carbocycles. The van der Waals surface area contributed by atoms with Crippen LogP contribution in [0.25, 0.3) is 0 Å². The summed E-state index contributed by atoms with van der Waals surface area (Å²) >= 11 is 0. The van der Waals surface area contributed by atoms with Crippen molar-refractivity contribution in [2.45, 2.75) is 32.6 Å². The van der Waals surface area contributed by atoms with Crippen molar-refractivity contribution < 1.29 is 14.7 Å². The number of carboxylic acids is 1. The molecule has 0 unspecified atom stereocenters. The molecule has 4 nitrogen and oxygen atoms in total. The van der Waals surface area contributed by atoms with Crippen LogP contribution in [0.3, 0.4) is 0 Å². The highest BCUT2D eigenvalue weighted by Crippen LogP contribution is 2.04. The number of carbonyl (C=O) groups excluding carboxylic acids is 1. The van der Waals surface area contributed by atoms with Gasteiger partial charge in [0.25, 0.3) is 5.91 Å². The van der Waals surface area contributed by atoms with Gasteiger partial charge >= 0.3 is 5.97 Å². The van der Waals surface area contributed by atoms with Crippen LogP contribution in [0.5, 0.6) is 0 Å². The fourth-order valence-electron chi connectivity index (χ4n) is 1.67. The van der Waals surface area contributed by atoms with Gasteiger partial charge in [0.15, 0.2) is 0 Å². The average molecular weight is 249 g/mol. The first-order chi connectivity index (χ1) is 8.59. The van der Waals surface area contributed by atoms with E-state index in [2.05, 4.69) is 5.32 Å². The third-order valence-corrected chi connectivity index (χ3v) is 2.63. The highest BCUT2D eigenvalue weighted by Gasteiger charge is 2.04. The third-order valence-electron chi connectivity index (χ3n) is 2.63. The van der Waals surface area contributed by atoms with Gasteiger partial charge < -0.3 is 10.4 Å². The summed E-state index contributed by atoms with van der Waals surface area (Å²) < 4.78 is 0. The summed E-state index contributed by atoms with van der Waals surface area (Å²) in [5.41, 5.74) is 1.73. The van der Waals surface area contributed by atoms with E-state index in [1.54, 1.807) is 6.07 Å². The molecule has 0 bridgehead atoms. The predicted molar refractivity (Wildman–Crippen MR) is 69.6 cm³/mol. The third kappa shape index (κ3) is 5.48. The molecule has 0 saturated heterocycles. The number of carboxylic acid groups (broad SMARTS) is 1. The molecule has 18 heavy (non-hydrogen) atoms. The molecule has 0 radical (unpaired) electrons. The Bertz CT molecular complexity index is 415. The standard InChI is InChI=1S/C14H19NO3/c1-11-6-5-7-12(10-11)14(18)15-9-4-2-3-8-13(16)17/h5-7,10H,2-4,8-9H2,1H3,(H,15,18)(H,16,17). The number of unbranched alkanes of at least 4 members (excludes halogenated alkanes) is 2. The number of nitrogens with one attached hydrogen (secondary N) is 1. The Labute approximate surface area is 107 Å². The van der Waals surface area contributed by atoms with Gasteiger partial charge in [0.2, 0.25) is 0 Å². The minimum atomic E-state index is -0.765. The summed E-state index contributed by atoms with van der Waals surface area (Å²) in [7, 11) is 0. The molecule has 0 heterocycles. The Hall–Kier alpha value is -1.84. The highest BCUT2D eigenvalue weighted by atomic mass is 16.4. The molecular weight excluding hydrogens is 230 g/mol. The average Bonchev–Trinajstić information content (AvgIpc) is 2.33. The Morgan fingerprint density at radius 3 is 2.67 bits per heavy atom. The molecule has 0 aliphatic rings. The Morgan fingerprint density at radius 2 is 2.00 bits per heavy atom. The van der Waals surface area contributed by atoms with Gasteiger partial charge in [-0.3, -0.25) is 9.59 Å². The van der Waals surface area contributed by atoms with Crippen molar-refractivity contribution in [2.24, 2.45) is 0 Å². The van der Waals surface area contributed by atoms with Crippen molar-refractivity contribution in [1.29, 1.82) is 0 Å². The smallest absolute Gasteiger partial charge is 0.303 e. The normalized spacial score (nSPS) is 10.1. The lowest BCUT2D eigenvalue weighted by molar-refractivity contribution is -0.137. The molecule has 0 saturated carbocycles. The molecule has 0 fully saturated rings. The summed E-state index contributed by atoms with van der Waals surface area (Å²) in [5.74, 6) is -0.837. The van der Waals surface area contributed by atoms with Crippen LogP contribution in [-0.2, 0) is 4.79 Å². The SMILES string of the molecule is Cc1cccc(C(=O)NCCCCCC(=O)O)c1. The van der Waals surface area contributed by atoms with Crippen LogP contribution in [0, 0.1) is 6.92 Å². The van der Waals surface area contributed by atoms with E-state index >= 15 is 0 Å². The van der Waals surface area contributed by atoms with Crippen molar-refractivity contribution in [3.05, 3.63) is 35.4 Å². The van der Waals surface area contributed by atoms with Crippen LogP contribution in [0.2, 0.25) is 0 Å². The highest BCUT2D eigenvalue weighted by molar-refractivity contribution is 5.94. The minimum absolute atomic E-state index is 0.0723. The minimum Gasteiger partial charge on any atom is -0.481 e. The van der Waals surface area contributed by atoms with E-state index in [1.165, 1.54) is 0 Å². The first kappa shape index (κ1) is 14.2. The zero-order valence-corrected chi connectivity index (χ0v) is 10.6. The maximum atomic E-state index is 11.7. The molecule has 2 N–H and O–H groups in total. The van der Waals surface area contributed by atoms with Crippen LogP contribution in [0.1, 0.15) is 41.6 Å². The molecule has 4 heteroatoms. The lowest BCUT2D eigenvalue weighted by atomic mass is 10.1. The Balaban J connectivity index is 2.20. The van der Waals surface area contributed by atoms with E-state index in [1.807, 2.05) is 25.1 Å². The fraction of sp³-hybridized carbons (Fsp3) is 0.429. The largest absolute Gasteiger partial charge is 0.481 e. The number of hydrogen-bond donors (Lipinski definition) is 2. The number of hydrogen-bond acceptors (Lipinski definition) is 2. The second kappa shape index (κ2) is 7.48. The summed E-state index contributed by atoms with van der Waals surface area (Å²) in [6.07, 6.45) is 2.49. The van der Waals surface area contributed by atoms with Gasteiger partial charge in [-0.2, -0.15) is 0 Å². The zero-order valence-electron chi connectivity index (χ0n) is 10.6. The maximum Gasteiger partial charge on any atom is 0.303 e. The lowest BCUT2D eigenvalue weighted by Crippen LogP contribution is -2.24. The molecule has 0 spiro atoms. The monoisotopic (exact) mass is 249 g/mol. The molecule has 1 rings (SSSR count). The molecule has 0 aliphatic carbocycles. The van der Waals surface area contributed by atoms with Gasteiger partial charge in [-0.15, -0.1) is 0 Å². The maximum absolute atomic E-state index is 11.7. The number of benzene rings is 1. The molecule has 0 aliphatic heterocycles. The van der Waals surface area contributed by atoms with E-state index in [0.29, 0.717) is 18.5 Å². The molecule has 0 atom stereocenters. The predicted octanol–water partition coefficient (Wildman–Crippen LogP) is 2.37. The Kier molecular flexibility index (Phi) is 5.91. The number of carbonyl (C=O) groups is 2. The van der Waals surface area contributed by atoms with Crippen molar-refractivity contribution >= 4 is 11.9 Å². The van der Waals surface area contributed by atoms with Gasteiger partial charge in [0.1, 0.15) is 0 Å². The van der Waals surface area contributed by atoms with Gasteiger partial charge in [-0.25, -0.2) is 0 Å². The number of aliphatic carboxylic acids is 1. The quantitative estimate of drug-likeness (QED) is 0.729.